The first-order valence-corrected chi connectivity index (χ1v) is 11.2. The number of likely N-dealkylation sites (tertiary alicyclic amines) is 1. The van der Waals surface area contributed by atoms with E-state index in [0.29, 0.717) is 24.4 Å². The average Bonchev–Trinajstić information content (AvgIpc) is 3.45. The van der Waals surface area contributed by atoms with Gasteiger partial charge in [0.15, 0.2) is 5.82 Å². The monoisotopic (exact) mass is 470 g/mol. The van der Waals surface area contributed by atoms with E-state index in [1.807, 2.05) is 72.8 Å². The second kappa shape index (κ2) is 9.34. The largest absolute Gasteiger partial charge is 0.309 e. The molecule has 35 heavy (non-hydrogen) atoms. The smallest absolute Gasteiger partial charge is 0.274 e. The number of allylic oxidation sites excluding steroid dienone is 2. The Morgan fingerprint density at radius 1 is 0.857 bits per heavy atom. The van der Waals surface area contributed by atoms with Gasteiger partial charge >= 0.3 is 5.91 Å². The van der Waals surface area contributed by atoms with Crippen LogP contribution in [0.15, 0.2) is 72.8 Å². The van der Waals surface area contributed by atoms with Gasteiger partial charge in [-0.25, -0.2) is 9.67 Å². The number of nitrogens with one attached hydrogen (secondary N) is 2. The van der Waals surface area contributed by atoms with Crippen LogP contribution in [0.25, 0.3) is 17.1 Å². The lowest BCUT2D eigenvalue weighted by molar-refractivity contribution is -0.143. The number of fused-ring (bicyclic) bond motifs is 1. The molecule has 176 valence electrons. The van der Waals surface area contributed by atoms with E-state index >= 15 is 0 Å². The predicted molar refractivity (Wildman–Crippen MR) is 124 cm³/mol. The Hall–Kier alpha value is -4.60. The number of carbonyl (C=O) groups is 4. The van der Waals surface area contributed by atoms with Crippen molar-refractivity contribution in [2.24, 2.45) is 11.8 Å². The first kappa shape index (κ1) is 22.2. The summed E-state index contributed by atoms with van der Waals surface area (Å²) in [6.45, 7) is -0.466. The van der Waals surface area contributed by atoms with Crippen LogP contribution in [0, 0.1) is 11.8 Å². The molecule has 1 aliphatic carbocycles. The molecule has 3 aromatic rings. The molecule has 1 fully saturated rings. The molecule has 0 bridgehead atoms. The van der Waals surface area contributed by atoms with Gasteiger partial charge in [0, 0.05) is 5.56 Å². The van der Waals surface area contributed by atoms with Crippen molar-refractivity contribution in [1.29, 1.82) is 0 Å². The molecule has 2 aliphatic rings. The molecule has 5 rings (SSSR count). The molecule has 0 spiro atoms. The van der Waals surface area contributed by atoms with Crippen LogP contribution in [0.4, 0.5) is 0 Å². The quantitative estimate of drug-likeness (QED) is 0.332. The number of hydrogen-bond acceptors (Lipinski definition) is 6. The second-order valence-electron chi connectivity index (χ2n) is 8.29. The number of aromatic nitrogens is 3. The predicted octanol–water partition coefficient (Wildman–Crippen LogP) is 1.65. The summed E-state index contributed by atoms with van der Waals surface area (Å²) in [4.78, 5) is 55.5. The van der Waals surface area contributed by atoms with E-state index in [1.165, 1.54) is 0 Å². The number of hydrazine groups is 1. The van der Waals surface area contributed by atoms with Crippen molar-refractivity contribution in [3.63, 3.8) is 0 Å². The molecular weight excluding hydrogens is 448 g/mol. The molecule has 10 nitrogen and oxygen atoms in total. The highest BCUT2D eigenvalue weighted by Gasteiger charge is 2.47. The number of imide groups is 1. The zero-order chi connectivity index (χ0) is 24.4. The maximum Gasteiger partial charge on any atom is 0.309 e. The van der Waals surface area contributed by atoms with Gasteiger partial charge in [0.05, 0.1) is 17.5 Å². The van der Waals surface area contributed by atoms with Crippen molar-refractivity contribution in [3.05, 3.63) is 78.6 Å². The lowest BCUT2D eigenvalue weighted by atomic mass is 9.85. The second-order valence-corrected chi connectivity index (χ2v) is 8.29. The minimum Gasteiger partial charge on any atom is -0.274 e. The third-order valence-corrected chi connectivity index (χ3v) is 6.06. The fourth-order valence-electron chi connectivity index (χ4n) is 4.32. The van der Waals surface area contributed by atoms with Crippen molar-refractivity contribution < 1.29 is 19.2 Å². The van der Waals surface area contributed by atoms with Crippen LogP contribution in [0.5, 0.6) is 0 Å². The van der Waals surface area contributed by atoms with E-state index < -0.39 is 30.2 Å². The summed E-state index contributed by atoms with van der Waals surface area (Å²) in [7, 11) is 0. The summed E-state index contributed by atoms with van der Waals surface area (Å²) >= 11 is 0. The number of nitrogens with zero attached hydrogens (tertiary/aromatic N) is 4. The molecule has 10 heteroatoms. The summed E-state index contributed by atoms with van der Waals surface area (Å²) in [6.07, 6.45) is 4.73. The van der Waals surface area contributed by atoms with Gasteiger partial charge in [0.1, 0.15) is 6.54 Å². The Bertz CT molecular complexity index is 1240. The Kier molecular flexibility index (Phi) is 5.92. The Morgan fingerprint density at radius 3 is 2.09 bits per heavy atom. The van der Waals surface area contributed by atoms with Gasteiger partial charge in [-0.1, -0.05) is 60.7 Å². The van der Waals surface area contributed by atoms with E-state index in [2.05, 4.69) is 20.9 Å². The third kappa shape index (κ3) is 4.33. The average molecular weight is 470 g/mol. The highest BCUT2D eigenvalue weighted by atomic mass is 16.2. The van der Waals surface area contributed by atoms with E-state index in [4.69, 9.17) is 0 Å². The van der Waals surface area contributed by atoms with Crippen LogP contribution >= 0.6 is 0 Å². The van der Waals surface area contributed by atoms with Crippen LogP contribution in [-0.2, 0) is 14.4 Å². The fourth-order valence-corrected chi connectivity index (χ4v) is 4.32. The number of para-hydroxylation sites is 1. The van der Waals surface area contributed by atoms with Gasteiger partial charge in [0.25, 0.3) is 5.91 Å². The number of rotatable bonds is 5. The SMILES string of the molecule is O=C(CN1C(=O)C2CC=CCC2C1=O)NNC(=O)c1nc(-c2ccccc2)n(-c2ccccc2)n1. The van der Waals surface area contributed by atoms with E-state index in [9.17, 15) is 19.2 Å². The van der Waals surface area contributed by atoms with Crippen molar-refractivity contribution in [2.45, 2.75) is 12.8 Å². The zero-order valence-corrected chi connectivity index (χ0v) is 18.6. The molecule has 1 aromatic heterocycles. The molecular formula is C25H22N6O4. The van der Waals surface area contributed by atoms with Crippen molar-refractivity contribution in [2.75, 3.05) is 6.54 Å². The van der Waals surface area contributed by atoms with Crippen LogP contribution in [0.3, 0.4) is 0 Å². The van der Waals surface area contributed by atoms with Gasteiger partial charge in [-0.2, -0.15) is 0 Å². The zero-order valence-electron chi connectivity index (χ0n) is 18.6. The van der Waals surface area contributed by atoms with Gasteiger partial charge in [-0.3, -0.25) is 34.9 Å². The van der Waals surface area contributed by atoms with E-state index in [-0.39, 0.29) is 17.6 Å². The van der Waals surface area contributed by atoms with Crippen LogP contribution < -0.4 is 10.9 Å². The standard InChI is InChI=1S/C25H22N6O4/c32-20(15-30-24(34)18-13-7-8-14-19(18)25(30)35)27-28-23(33)21-26-22(16-9-3-1-4-10-16)31(29-21)17-11-5-2-6-12-17/h1-12,18-19H,13-15H2,(H,27,32)(H,28,33). The minimum absolute atomic E-state index is 0.154. The number of carbonyl (C=O) groups excluding carboxylic acids is 4. The number of hydrogen-bond donors (Lipinski definition) is 2. The van der Waals surface area contributed by atoms with E-state index in [1.54, 1.807) is 4.68 Å². The fraction of sp³-hybridized carbons (Fsp3) is 0.200. The number of benzene rings is 2. The molecule has 2 atom stereocenters. The molecule has 2 N–H and O–H groups in total. The summed E-state index contributed by atoms with van der Waals surface area (Å²) in [6, 6.07) is 18.5. The Labute approximate surface area is 200 Å². The normalized spacial score (nSPS) is 18.9. The lowest BCUT2D eigenvalue weighted by Crippen LogP contribution is -2.48. The maximum absolute atomic E-state index is 12.7. The molecule has 1 saturated heterocycles. The van der Waals surface area contributed by atoms with Gasteiger partial charge in [0.2, 0.25) is 17.6 Å². The number of amides is 4. The summed E-state index contributed by atoms with van der Waals surface area (Å²) in [5.74, 6) is -2.69. The first-order valence-electron chi connectivity index (χ1n) is 11.2. The molecule has 0 saturated carbocycles. The highest BCUT2D eigenvalue weighted by Crippen LogP contribution is 2.34. The summed E-state index contributed by atoms with van der Waals surface area (Å²) in [5, 5.41) is 4.33. The molecule has 2 aromatic carbocycles. The Balaban J connectivity index is 1.28. The minimum atomic E-state index is -0.734. The van der Waals surface area contributed by atoms with Gasteiger partial charge in [-0.15, -0.1) is 5.10 Å². The molecule has 0 radical (unpaired) electrons. The first-order chi connectivity index (χ1) is 17.0. The van der Waals surface area contributed by atoms with E-state index in [0.717, 1.165) is 10.5 Å². The molecule has 4 amide bonds. The third-order valence-electron chi connectivity index (χ3n) is 6.06. The maximum atomic E-state index is 12.7. The molecule has 1 aliphatic heterocycles. The lowest BCUT2D eigenvalue weighted by Gasteiger charge is -2.14. The van der Waals surface area contributed by atoms with Crippen LogP contribution in [0.2, 0.25) is 0 Å². The Morgan fingerprint density at radius 2 is 1.46 bits per heavy atom. The van der Waals surface area contributed by atoms with Crippen molar-refractivity contribution in [1.82, 2.24) is 30.5 Å². The summed E-state index contributed by atoms with van der Waals surface area (Å²) in [5.41, 5.74) is 5.99. The molecule has 2 heterocycles. The molecule has 2 unspecified atom stereocenters. The topological polar surface area (TPSA) is 126 Å². The van der Waals surface area contributed by atoms with Gasteiger partial charge < -0.3 is 0 Å². The van der Waals surface area contributed by atoms with Gasteiger partial charge in [-0.05, 0) is 25.0 Å². The van der Waals surface area contributed by atoms with Crippen LogP contribution in [0.1, 0.15) is 23.5 Å². The van der Waals surface area contributed by atoms with Crippen LogP contribution in [-0.4, -0.2) is 49.8 Å². The van der Waals surface area contributed by atoms with Crippen molar-refractivity contribution >= 4 is 23.6 Å². The highest BCUT2D eigenvalue weighted by molar-refractivity contribution is 6.07. The van der Waals surface area contributed by atoms with Crippen molar-refractivity contribution in [3.8, 4) is 17.1 Å². The summed E-state index contributed by atoms with van der Waals surface area (Å²) < 4.78 is 1.55.